The van der Waals surface area contributed by atoms with E-state index in [9.17, 15) is 4.79 Å². The molecule has 19 heavy (non-hydrogen) atoms. The highest BCUT2D eigenvalue weighted by atomic mass is 16.4. The van der Waals surface area contributed by atoms with E-state index in [4.69, 9.17) is 5.11 Å². The van der Waals surface area contributed by atoms with Gasteiger partial charge in [0.2, 0.25) is 0 Å². The topological polar surface area (TPSA) is 40.5 Å². The van der Waals surface area contributed by atoms with Crippen LogP contribution in [0.2, 0.25) is 0 Å². The Morgan fingerprint density at radius 3 is 2.47 bits per heavy atom. The first-order valence-electron chi connectivity index (χ1n) is 7.20. The summed E-state index contributed by atoms with van der Waals surface area (Å²) < 4.78 is 0. The Labute approximate surface area is 116 Å². The van der Waals surface area contributed by atoms with Gasteiger partial charge in [-0.15, -0.1) is 0 Å². The summed E-state index contributed by atoms with van der Waals surface area (Å²) in [6, 6.07) is 10.3. The van der Waals surface area contributed by atoms with Crippen LogP contribution >= 0.6 is 0 Å². The van der Waals surface area contributed by atoms with Gasteiger partial charge in [-0.1, -0.05) is 56.5 Å². The predicted octanol–water partition coefficient (Wildman–Crippen LogP) is 3.54. The second-order valence-electron chi connectivity index (χ2n) is 4.97. The molecule has 0 radical (unpaired) electrons. The van der Waals surface area contributed by atoms with E-state index in [2.05, 4.69) is 24.0 Å². The van der Waals surface area contributed by atoms with Crippen molar-refractivity contribution in [2.24, 2.45) is 0 Å². The van der Waals surface area contributed by atoms with Crippen LogP contribution < -0.4 is 0 Å². The van der Waals surface area contributed by atoms with Crippen molar-refractivity contribution in [2.75, 3.05) is 13.1 Å². The minimum atomic E-state index is -0.716. The second-order valence-corrected chi connectivity index (χ2v) is 4.97. The van der Waals surface area contributed by atoms with Gasteiger partial charge in [-0.05, 0) is 18.5 Å². The van der Waals surface area contributed by atoms with E-state index >= 15 is 0 Å². The molecule has 0 saturated carbocycles. The Bertz CT molecular complexity index is 351. The van der Waals surface area contributed by atoms with E-state index in [1.54, 1.807) is 0 Å². The average Bonchev–Trinajstić information content (AvgIpc) is 2.41. The molecule has 0 aliphatic heterocycles. The molecule has 0 fully saturated rings. The normalized spacial score (nSPS) is 10.8. The second kappa shape index (κ2) is 9.56. The zero-order valence-electron chi connectivity index (χ0n) is 11.8. The molecule has 0 spiro atoms. The Morgan fingerprint density at radius 1 is 1.11 bits per heavy atom. The maximum atomic E-state index is 10.7. The predicted molar refractivity (Wildman–Crippen MR) is 78.1 cm³/mol. The number of rotatable bonds is 10. The van der Waals surface area contributed by atoms with E-state index in [-0.39, 0.29) is 6.42 Å². The fourth-order valence-corrected chi connectivity index (χ4v) is 2.13. The smallest absolute Gasteiger partial charge is 0.304 e. The quantitative estimate of drug-likeness (QED) is 0.656. The van der Waals surface area contributed by atoms with Gasteiger partial charge in [-0.25, -0.2) is 0 Å². The lowest BCUT2D eigenvalue weighted by Crippen LogP contribution is -2.27. The van der Waals surface area contributed by atoms with Crippen LogP contribution in [0.25, 0.3) is 0 Å². The zero-order chi connectivity index (χ0) is 13.9. The van der Waals surface area contributed by atoms with Crippen molar-refractivity contribution >= 4 is 5.97 Å². The SMILES string of the molecule is CCCCCCN(CCC(=O)O)Cc1ccccc1. The molecule has 0 aromatic heterocycles. The van der Waals surface area contributed by atoms with Gasteiger partial charge >= 0.3 is 5.97 Å². The van der Waals surface area contributed by atoms with Crippen molar-refractivity contribution in [2.45, 2.75) is 45.6 Å². The van der Waals surface area contributed by atoms with E-state index < -0.39 is 5.97 Å². The highest BCUT2D eigenvalue weighted by Gasteiger charge is 2.08. The molecule has 3 nitrogen and oxygen atoms in total. The molecule has 1 aromatic rings. The van der Waals surface area contributed by atoms with Gasteiger partial charge in [-0.3, -0.25) is 9.69 Å². The van der Waals surface area contributed by atoms with Crippen LogP contribution in [0.15, 0.2) is 30.3 Å². The van der Waals surface area contributed by atoms with Crippen LogP contribution in [0, 0.1) is 0 Å². The lowest BCUT2D eigenvalue weighted by atomic mass is 10.1. The summed E-state index contributed by atoms with van der Waals surface area (Å²) in [4.78, 5) is 13.0. The first-order chi connectivity index (χ1) is 9.22. The largest absolute Gasteiger partial charge is 0.481 e. The van der Waals surface area contributed by atoms with Gasteiger partial charge in [-0.2, -0.15) is 0 Å². The van der Waals surface area contributed by atoms with Crippen LogP contribution in [-0.2, 0) is 11.3 Å². The Balaban J connectivity index is 2.41. The molecule has 0 aliphatic carbocycles. The third-order valence-electron chi connectivity index (χ3n) is 3.22. The summed E-state index contributed by atoms with van der Waals surface area (Å²) >= 11 is 0. The van der Waals surface area contributed by atoms with Crippen LogP contribution in [0.5, 0.6) is 0 Å². The Kier molecular flexibility index (Phi) is 7.91. The van der Waals surface area contributed by atoms with Gasteiger partial charge in [0.1, 0.15) is 0 Å². The van der Waals surface area contributed by atoms with Crippen LogP contribution in [0.3, 0.4) is 0 Å². The van der Waals surface area contributed by atoms with Gasteiger partial charge in [0.05, 0.1) is 6.42 Å². The number of unbranched alkanes of at least 4 members (excludes halogenated alkanes) is 3. The summed E-state index contributed by atoms with van der Waals surface area (Å²) in [7, 11) is 0. The fraction of sp³-hybridized carbons (Fsp3) is 0.562. The number of carboxylic acid groups (broad SMARTS) is 1. The molecule has 0 aliphatic rings. The van der Waals surface area contributed by atoms with Crippen molar-refractivity contribution < 1.29 is 9.90 Å². The summed E-state index contributed by atoms with van der Waals surface area (Å²) in [5.41, 5.74) is 1.25. The summed E-state index contributed by atoms with van der Waals surface area (Å²) in [5.74, 6) is -0.716. The van der Waals surface area contributed by atoms with E-state index in [1.807, 2.05) is 18.2 Å². The van der Waals surface area contributed by atoms with Crippen molar-refractivity contribution in [3.05, 3.63) is 35.9 Å². The van der Waals surface area contributed by atoms with Crippen LogP contribution in [0.4, 0.5) is 0 Å². The maximum absolute atomic E-state index is 10.7. The third-order valence-corrected chi connectivity index (χ3v) is 3.22. The zero-order valence-corrected chi connectivity index (χ0v) is 11.8. The molecule has 0 atom stereocenters. The van der Waals surface area contributed by atoms with Crippen LogP contribution in [0.1, 0.15) is 44.6 Å². The number of carboxylic acids is 1. The molecule has 1 aromatic carbocycles. The van der Waals surface area contributed by atoms with Crippen molar-refractivity contribution in [3.8, 4) is 0 Å². The molecule has 0 bridgehead atoms. The number of aliphatic carboxylic acids is 1. The van der Waals surface area contributed by atoms with Crippen LogP contribution in [-0.4, -0.2) is 29.1 Å². The monoisotopic (exact) mass is 263 g/mol. The molecule has 1 N–H and O–H groups in total. The highest BCUT2D eigenvalue weighted by Crippen LogP contribution is 2.08. The van der Waals surface area contributed by atoms with E-state index in [0.717, 1.165) is 19.5 Å². The first kappa shape index (κ1) is 15.7. The molecular weight excluding hydrogens is 238 g/mol. The van der Waals surface area contributed by atoms with Crippen molar-refractivity contribution in [3.63, 3.8) is 0 Å². The molecule has 0 heterocycles. The minimum Gasteiger partial charge on any atom is -0.481 e. The van der Waals surface area contributed by atoms with Gasteiger partial charge in [0.15, 0.2) is 0 Å². The first-order valence-corrected chi connectivity index (χ1v) is 7.20. The van der Waals surface area contributed by atoms with E-state index in [0.29, 0.717) is 6.54 Å². The molecule has 0 saturated heterocycles. The fourth-order valence-electron chi connectivity index (χ4n) is 2.13. The van der Waals surface area contributed by atoms with Gasteiger partial charge in [0, 0.05) is 13.1 Å². The number of carbonyl (C=O) groups is 1. The molecule has 0 unspecified atom stereocenters. The van der Waals surface area contributed by atoms with Crippen molar-refractivity contribution in [1.82, 2.24) is 4.90 Å². The van der Waals surface area contributed by atoms with Crippen molar-refractivity contribution in [1.29, 1.82) is 0 Å². The minimum absolute atomic E-state index is 0.223. The number of benzene rings is 1. The molecular formula is C16H25NO2. The maximum Gasteiger partial charge on any atom is 0.304 e. The lowest BCUT2D eigenvalue weighted by Gasteiger charge is -2.21. The lowest BCUT2D eigenvalue weighted by molar-refractivity contribution is -0.137. The van der Waals surface area contributed by atoms with Gasteiger partial charge in [0.25, 0.3) is 0 Å². The summed E-state index contributed by atoms with van der Waals surface area (Å²) in [6.07, 6.45) is 5.10. The molecule has 1 rings (SSSR count). The highest BCUT2D eigenvalue weighted by molar-refractivity contribution is 5.66. The third kappa shape index (κ3) is 7.62. The molecule has 3 heteroatoms. The number of hydrogen-bond donors (Lipinski definition) is 1. The summed E-state index contributed by atoms with van der Waals surface area (Å²) in [5, 5.41) is 8.81. The standard InChI is InChI=1S/C16H25NO2/c1-2-3-4-8-12-17(13-11-16(18)19)14-15-9-6-5-7-10-15/h5-7,9-10H,2-4,8,11-14H2,1H3,(H,18,19). The number of nitrogens with zero attached hydrogens (tertiary/aromatic N) is 1. The average molecular weight is 263 g/mol. The molecule has 106 valence electrons. The summed E-state index contributed by atoms with van der Waals surface area (Å²) in [6.45, 7) is 4.67. The Morgan fingerprint density at radius 2 is 1.84 bits per heavy atom. The number of hydrogen-bond acceptors (Lipinski definition) is 2. The Hall–Kier alpha value is -1.35. The molecule has 0 amide bonds. The van der Waals surface area contributed by atoms with E-state index in [1.165, 1.54) is 24.8 Å². The van der Waals surface area contributed by atoms with Gasteiger partial charge < -0.3 is 5.11 Å².